The van der Waals surface area contributed by atoms with Crippen molar-refractivity contribution in [1.29, 1.82) is 0 Å². The Balaban J connectivity index is 2.00. The van der Waals surface area contributed by atoms with Gasteiger partial charge in [0, 0.05) is 56.0 Å². The summed E-state index contributed by atoms with van der Waals surface area (Å²) in [4.78, 5) is 32.3. The van der Waals surface area contributed by atoms with Crippen LogP contribution in [0.25, 0.3) is 11.1 Å². The van der Waals surface area contributed by atoms with E-state index in [1.165, 1.54) is 12.0 Å². The second-order valence-corrected chi connectivity index (χ2v) is 8.41. The van der Waals surface area contributed by atoms with Crippen LogP contribution in [0.1, 0.15) is 22.8 Å². The van der Waals surface area contributed by atoms with Gasteiger partial charge in [0.05, 0.1) is 19.3 Å². The van der Waals surface area contributed by atoms with Crippen molar-refractivity contribution in [1.82, 2.24) is 10.4 Å². The molecular formula is C24H32N4O5. The van der Waals surface area contributed by atoms with E-state index in [4.69, 9.17) is 10.6 Å². The van der Waals surface area contributed by atoms with Crippen LogP contribution in [-0.4, -0.2) is 73.4 Å². The third kappa shape index (κ3) is 5.01. The summed E-state index contributed by atoms with van der Waals surface area (Å²) < 4.78 is 0. The number of ketones is 1. The molecular weight excluding hydrogens is 424 g/mol. The number of anilines is 1. The van der Waals surface area contributed by atoms with Gasteiger partial charge < -0.3 is 26.2 Å². The number of aliphatic hydroxyl groups is 1. The number of hydrogen-bond acceptors (Lipinski definition) is 8. The second-order valence-electron chi connectivity index (χ2n) is 8.41. The van der Waals surface area contributed by atoms with Gasteiger partial charge in [-0.15, -0.1) is 0 Å². The van der Waals surface area contributed by atoms with Crippen molar-refractivity contribution in [3.05, 3.63) is 47.5 Å². The number of phenols is 1. The van der Waals surface area contributed by atoms with Crippen molar-refractivity contribution < 1.29 is 24.6 Å². The van der Waals surface area contributed by atoms with Gasteiger partial charge in [-0.1, -0.05) is 18.2 Å². The number of nitrogens with one attached hydrogen (secondary N) is 1. The minimum atomic E-state index is -0.663. The zero-order valence-corrected chi connectivity index (χ0v) is 19.4. The number of hydroxylamine groups is 2. The Hall–Kier alpha value is -2.98. The van der Waals surface area contributed by atoms with E-state index in [0.717, 1.165) is 5.69 Å². The Labute approximate surface area is 193 Å². The monoisotopic (exact) mass is 456 g/mol. The zero-order valence-electron chi connectivity index (χ0n) is 19.4. The highest BCUT2D eigenvalue weighted by Gasteiger charge is 2.45. The number of aromatic hydroxyl groups is 1. The molecule has 9 heteroatoms. The first-order valence-electron chi connectivity index (χ1n) is 10.8. The molecule has 0 aliphatic carbocycles. The Morgan fingerprint density at radius 2 is 1.97 bits per heavy atom. The lowest BCUT2D eigenvalue weighted by Crippen LogP contribution is -2.40. The normalized spacial score (nSPS) is 20.6. The number of phenolic OH excluding ortho intramolecular Hbond substituents is 1. The molecule has 2 aromatic rings. The number of Topliss-reactive ketones (excluding diaryl/α,β-unsaturated/α-hetero) is 1. The first-order chi connectivity index (χ1) is 15.7. The van der Waals surface area contributed by atoms with Crippen LogP contribution in [0.4, 0.5) is 5.69 Å². The maximum atomic E-state index is 12.3. The van der Waals surface area contributed by atoms with Gasteiger partial charge in [0.15, 0.2) is 0 Å². The molecule has 1 unspecified atom stereocenters. The van der Waals surface area contributed by atoms with E-state index in [1.807, 2.05) is 25.1 Å². The summed E-state index contributed by atoms with van der Waals surface area (Å²) in [6, 6.07) is 10.1. The molecule has 1 amide bonds. The predicted molar refractivity (Wildman–Crippen MR) is 126 cm³/mol. The van der Waals surface area contributed by atoms with Gasteiger partial charge >= 0.3 is 0 Å². The fraction of sp³-hybridized carbons (Fsp3) is 0.417. The van der Waals surface area contributed by atoms with Crippen LogP contribution in [0.15, 0.2) is 36.4 Å². The molecule has 1 fully saturated rings. The largest absolute Gasteiger partial charge is 0.507 e. The van der Waals surface area contributed by atoms with Crippen LogP contribution >= 0.6 is 0 Å². The number of carbonyl (C=O) groups excluding carboxylic acids is 2. The van der Waals surface area contributed by atoms with E-state index in [2.05, 4.69) is 5.32 Å². The van der Waals surface area contributed by atoms with E-state index in [-0.39, 0.29) is 37.1 Å². The van der Waals surface area contributed by atoms with Crippen molar-refractivity contribution in [3.63, 3.8) is 0 Å². The van der Waals surface area contributed by atoms with Crippen molar-refractivity contribution in [2.45, 2.75) is 25.6 Å². The molecule has 9 nitrogen and oxygen atoms in total. The summed E-state index contributed by atoms with van der Waals surface area (Å²) in [5.74, 6) is -0.786. The molecule has 0 bridgehead atoms. The number of nitrogens with zero attached hydrogens (tertiary/aromatic N) is 2. The third-order valence-corrected chi connectivity index (χ3v) is 6.00. The molecule has 2 aromatic carbocycles. The van der Waals surface area contributed by atoms with Gasteiger partial charge in [-0.3, -0.25) is 14.4 Å². The van der Waals surface area contributed by atoms with Gasteiger partial charge in [-0.2, -0.15) is 5.06 Å². The van der Waals surface area contributed by atoms with Gasteiger partial charge in [-0.25, -0.2) is 0 Å². The topological polar surface area (TPSA) is 128 Å². The van der Waals surface area contributed by atoms with Crippen molar-refractivity contribution in [2.75, 3.05) is 39.2 Å². The zero-order chi connectivity index (χ0) is 24.3. The standard InChI is InChI=1S/C24H32N4O5/c1-14(30)22-20(13-29)21(11-25)33-28(22)12-15-6-5-7-19(23(15)31)16-8-17(24(32)26-2)10-18(9-16)27(3)4/h5-10,20-22,29,31H,11-13,25H2,1-4H3,(H,26,32)/t20?,21-,22+/m0/s1. The number of para-hydroxylation sites is 1. The van der Waals surface area contributed by atoms with E-state index < -0.39 is 18.1 Å². The second kappa shape index (κ2) is 10.3. The summed E-state index contributed by atoms with van der Waals surface area (Å²) in [6.45, 7) is 1.52. The minimum Gasteiger partial charge on any atom is -0.507 e. The summed E-state index contributed by atoms with van der Waals surface area (Å²) in [5, 5.41) is 25.0. The number of benzene rings is 2. The van der Waals surface area contributed by atoms with Crippen molar-refractivity contribution >= 4 is 17.4 Å². The molecule has 5 N–H and O–H groups in total. The summed E-state index contributed by atoms with van der Waals surface area (Å²) in [6.07, 6.45) is -0.485. The number of carbonyl (C=O) groups is 2. The molecule has 0 saturated carbocycles. The number of aliphatic hydroxyl groups excluding tert-OH is 1. The molecule has 33 heavy (non-hydrogen) atoms. The molecule has 3 rings (SSSR count). The Morgan fingerprint density at radius 1 is 1.24 bits per heavy atom. The van der Waals surface area contributed by atoms with Crippen LogP contribution in [0.5, 0.6) is 5.75 Å². The lowest BCUT2D eigenvalue weighted by molar-refractivity contribution is -0.172. The van der Waals surface area contributed by atoms with Gasteiger partial charge in [-0.05, 0) is 30.7 Å². The van der Waals surface area contributed by atoms with Gasteiger partial charge in [0.2, 0.25) is 0 Å². The minimum absolute atomic E-state index is 0.0268. The van der Waals surface area contributed by atoms with Crippen LogP contribution in [0.2, 0.25) is 0 Å². The summed E-state index contributed by atoms with van der Waals surface area (Å²) in [7, 11) is 5.32. The van der Waals surface area contributed by atoms with Crippen LogP contribution < -0.4 is 16.0 Å². The Morgan fingerprint density at radius 3 is 2.55 bits per heavy atom. The molecule has 1 aliphatic rings. The van der Waals surface area contributed by atoms with E-state index in [1.54, 1.807) is 37.4 Å². The highest BCUT2D eigenvalue weighted by Crippen LogP contribution is 2.37. The summed E-state index contributed by atoms with van der Waals surface area (Å²) >= 11 is 0. The molecule has 1 aliphatic heterocycles. The number of hydrogen-bond donors (Lipinski definition) is 4. The quantitative estimate of drug-likeness (QED) is 0.465. The molecule has 0 radical (unpaired) electrons. The number of rotatable bonds is 8. The van der Waals surface area contributed by atoms with Crippen molar-refractivity contribution in [3.8, 4) is 16.9 Å². The first-order valence-corrected chi connectivity index (χ1v) is 10.8. The fourth-order valence-corrected chi connectivity index (χ4v) is 4.23. The molecule has 1 saturated heterocycles. The summed E-state index contributed by atoms with van der Waals surface area (Å²) in [5.41, 5.74) is 8.83. The van der Waals surface area contributed by atoms with Gasteiger partial charge in [0.25, 0.3) is 5.91 Å². The van der Waals surface area contributed by atoms with E-state index >= 15 is 0 Å². The lowest BCUT2D eigenvalue weighted by atomic mass is 9.92. The highest BCUT2D eigenvalue weighted by molar-refractivity contribution is 5.97. The first kappa shape index (κ1) is 24.7. The van der Waals surface area contributed by atoms with Crippen LogP contribution in [-0.2, 0) is 16.2 Å². The Bertz CT molecular complexity index is 1030. The number of amides is 1. The Kier molecular flexibility index (Phi) is 7.70. The average molecular weight is 457 g/mol. The molecule has 3 atom stereocenters. The smallest absolute Gasteiger partial charge is 0.251 e. The lowest BCUT2D eigenvalue weighted by Gasteiger charge is -2.23. The maximum Gasteiger partial charge on any atom is 0.251 e. The van der Waals surface area contributed by atoms with E-state index in [9.17, 15) is 19.8 Å². The highest BCUT2D eigenvalue weighted by atomic mass is 16.7. The molecule has 0 spiro atoms. The SMILES string of the molecule is CNC(=O)c1cc(-c2cccc(CN3O[C@@H](CN)C(CO)[C@H]3C(C)=O)c2O)cc(N(C)C)c1. The fourth-order valence-electron chi connectivity index (χ4n) is 4.23. The molecule has 0 aromatic heterocycles. The third-order valence-electron chi connectivity index (χ3n) is 6.00. The molecule has 178 valence electrons. The maximum absolute atomic E-state index is 12.3. The van der Waals surface area contributed by atoms with Crippen LogP contribution in [0.3, 0.4) is 0 Å². The average Bonchev–Trinajstić information content (AvgIpc) is 3.17. The number of nitrogens with two attached hydrogens (primary N) is 1. The van der Waals surface area contributed by atoms with Gasteiger partial charge in [0.1, 0.15) is 17.6 Å². The van der Waals surface area contributed by atoms with E-state index in [0.29, 0.717) is 22.3 Å². The van der Waals surface area contributed by atoms with Crippen molar-refractivity contribution in [2.24, 2.45) is 11.7 Å². The van der Waals surface area contributed by atoms with Crippen LogP contribution in [0, 0.1) is 5.92 Å². The molecule has 1 heterocycles. The predicted octanol–water partition coefficient (Wildman–Crippen LogP) is 1.13.